The van der Waals surface area contributed by atoms with Crippen LogP contribution >= 0.6 is 11.8 Å². The number of nitrogens with one attached hydrogen (secondary N) is 1. The van der Waals surface area contributed by atoms with E-state index in [9.17, 15) is 4.39 Å². The molecule has 3 heteroatoms. The molecule has 2 aromatic carbocycles. The van der Waals surface area contributed by atoms with E-state index in [2.05, 4.69) is 42.8 Å². The van der Waals surface area contributed by atoms with Crippen molar-refractivity contribution in [2.45, 2.75) is 17.9 Å². The maximum absolute atomic E-state index is 13.4. The van der Waals surface area contributed by atoms with Crippen molar-refractivity contribution < 1.29 is 4.39 Å². The Morgan fingerprint density at radius 1 is 1.11 bits per heavy atom. The molecule has 0 aliphatic heterocycles. The van der Waals surface area contributed by atoms with Crippen LogP contribution in [0.2, 0.25) is 0 Å². The van der Waals surface area contributed by atoms with E-state index in [1.807, 2.05) is 6.07 Å². The molecule has 0 amide bonds. The van der Waals surface area contributed by atoms with Crippen LogP contribution in [-0.2, 0) is 0 Å². The van der Waals surface area contributed by atoms with E-state index in [-0.39, 0.29) is 11.9 Å². The SMILES string of the molecule is CCNC(c1ccc(SC)cc1)c1cccc(F)c1. The topological polar surface area (TPSA) is 12.0 Å². The third-order valence-corrected chi connectivity index (χ3v) is 3.78. The lowest BCUT2D eigenvalue weighted by atomic mass is 9.98. The van der Waals surface area contributed by atoms with Crippen LogP contribution < -0.4 is 5.32 Å². The normalized spacial score (nSPS) is 12.4. The molecule has 1 nitrogen and oxygen atoms in total. The molecule has 1 unspecified atom stereocenters. The molecule has 100 valence electrons. The summed E-state index contributed by atoms with van der Waals surface area (Å²) in [5.41, 5.74) is 2.11. The van der Waals surface area contributed by atoms with Gasteiger partial charge in [0.25, 0.3) is 0 Å². The highest BCUT2D eigenvalue weighted by Crippen LogP contribution is 2.24. The van der Waals surface area contributed by atoms with Gasteiger partial charge >= 0.3 is 0 Å². The first-order chi connectivity index (χ1) is 9.24. The summed E-state index contributed by atoms with van der Waals surface area (Å²) < 4.78 is 13.4. The summed E-state index contributed by atoms with van der Waals surface area (Å²) in [6.45, 7) is 2.90. The van der Waals surface area contributed by atoms with E-state index in [0.29, 0.717) is 0 Å². The van der Waals surface area contributed by atoms with Gasteiger partial charge in [-0.15, -0.1) is 11.8 Å². The summed E-state index contributed by atoms with van der Waals surface area (Å²) in [7, 11) is 0. The quantitative estimate of drug-likeness (QED) is 0.819. The molecular weight excluding hydrogens is 257 g/mol. The number of hydrogen-bond donors (Lipinski definition) is 1. The lowest BCUT2D eigenvalue weighted by molar-refractivity contribution is 0.603. The Balaban J connectivity index is 2.33. The van der Waals surface area contributed by atoms with Gasteiger partial charge in [0.15, 0.2) is 0 Å². The smallest absolute Gasteiger partial charge is 0.123 e. The predicted octanol–water partition coefficient (Wildman–Crippen LogP) is 4.25. The maximum atomic E-state index is 13.4. The van der Waals surface area contributed by atoms with Gasteiger partial charge in [0.2, 0.25) is 0 Å². The van der Waals surface area contributed by atoms with E-state index in [4.69, 9.17) is 0 Å². The molecule has 0 aliphatic rings. The van der Waals surface area contributed by atoms with E-state index in [1.54, 1.807) is 23.9 Å². The van der Waals surface area contributed by atoms with Crippen LogP contribution in [0.1, 0.15) is 24.1 Å². The molecule has 0 fully saturated rings. The van der Waals surface area contributed by atoms with E-state index < -0.39 is 0 Å². The van der Waals surface area contributed by atoms with Gasteiger partial charge in [-0.05, 0) is 48.2 Å². The van der Waals surface area contributed by atoms with E-state index in [0.717, 1.165) is 17.7 Å². The van der Waals surface area contributed by atoms with Crippen molar-refractivity contribution in [2.75, 3.05) is 12.8 Å². The number of benzene rings is 2. The number of hydrogen-bond acceptors (Lipinski definition) is 2. The van der Waals surface area contributed by atoms with Crippen LogP contribution in [0, 0.1) is 5.82 Å². The highest BCUT2D eigenvalue weighted by atomic mass is 32.2. The monoisotopic (exact) mass is 275 g/mol. The van der Waals surface area contributed by atoms with Crippen molar-refractivity contribution in [3.63, 3.8) is 0 Å². The van der Waals surface area contributed by atoms with Crippen LogP contribution in [0.15, 0.2) is 53.4 Å². The minimum atomic E-state index is -0.193. The van der Waals surface area contributed by atoms with Crippen molar-refractivity contribution >= 4 is 11.8 Å². The van der Waals surface area contributed by atoms with Gasteiger partial charge in [-0.1, -0.05) is 31.2 Å². The first-order valence-electron chi connectivity index (χ1n) is 6.37. The molecule has 1 N–H and O–H groups in total. The van der Waals surface area contributed by atoms with Gasteiger partial charge in [0.05, 0.1) is 6.04 Å². The molecule has 0 heterocycles. The summed E-state index contributed by atoms with van der Waals surface area (Å²) in [4.78, 5) is 1.23. The Labute approximate surface area is 118 Å². The largest absolute Gasteiger partial charge is 0.307 e. The zero-order valence-electron chi connectivity index (χ0n) is 11.2. The molecule has 2 aromatic rings. The van der Waals surface area contributed by atoms with Crippen LogP contribution in [-0.4, -0.2) is 12.8 Å². The predicted molar refractivity (Wildman–Crippen MR) is 80.1 cm³/mol. The molecule has 19 heavy (non-hydrogen) atoms. The summed E-state index contributed by atoms with van der Waals surface area (Å²) in [6, 6.07) is 15.2. The second kappa shape index (κ2) is 6.73. The fourth-order valence-corrected chi connectivity index (χ4v) is 2.52. The van der Waals surface area contributed by atoms with Crippen LogP contribution in [0.25, 0.3) is 0 Å². The Bertz CT molecular complexity index is 525. The Kier molecular flexibility index (Phi) is 5.00. The van der Waals surface area contributed by atoms with Gasteiger partial charge < -0.3 is 5.32 Å². The highest BCUT2D eigenvalue weighted by Gasteiger charge is 2.13. The molecule has 0 aromatic heterocycles. The second-order valence-electron chi connectivity index (χ2n) is 4.32. The van der Waals surface area contributed by atoms with Crippen molar-refractivity contribution in [1.29, 1.82) is 0 Å². The summed E-state index contributed by atoms with van der Waals surface area (Å²) >= 11 is 1.72. The fourth-order valence-electron chi connectivity index (χ4n) is 2.11. The number of rotatable bonds is 5. The highest BCUT2D eigenvalue weighted by molar-refractivity contribution is 7.98. The number of thioether (sulfide) groups is 1. The minimum absolute atomic E-state index is 0.0385. The molecule has 0 saturated carbocycles. The van der Waals surface area contributed by atoms with E-state index >= 15 is 0 Å². The summed E-state index contributed by atoms with van der Waals surface area (Å²) in [5, 5.41) is 3.41. The molecule has 0 spiro atoms. The second-order valence-corrected chi connectivity index (χ2v) is 5.20. The first kappa shape index (κ1) is 14.1. The van der Waals surface area contributed by atoms with Crippen LogP contribution in [0.4, 0.5) is 4.39 Å². The molecule has 0 bridgehead atoms. The zero-order chi connectivity index (χ0) is 13.7. The van der Waals surface area contributed by atoms with Crippen LogP contribution in [0.3, 0.4) is 0 Å². The van der Waals surface area contributed by atoms with Gasteiger partial charge in [-0.3, -0.25) is 0 Å². The minimum Gasteiger partial charge on any atom is -0.307 e. The third kappa shape index (κ3) is 3.58. The average molecular weight is 275 g/mol. The Morgan fingerprint density at radius 2 is 1.84 bits per heavy atom. The van der Waals surface area contributed by atoms with Gasteiger partial charge in [0, 0.05) is 4.90 Å². The van der Waals surface area contributed by atoms with Crippen LogP contribution in [0.5, 0.6) is 0 Å². The standard InChI is InChI=1S/C16H18FNS/c1-3-18-16(13-5-4-6-14(17)11-13)12-7-9-15(19-2)10-8-12/h4-11,16,18H,3H2,1-2H3. The molecule has 0 saturated heterocycles. The summed E-state index contributed by atoms with van der Waals surface area (Å²) in [5.74, 6) is -0.193. The van der Waals surface area contributed by atoms with Gasteiger partial charge in [-0.2, -0.15) is 0 Å². The molecular formula is C16H18FNS. The molecule has 0 radical (unpaired) electrons. The van der Waals surface area contributed by atoms with Gasteiger partial charge in [0.1, 0.15) is 5.82 Å². The molecule has 2 rings (SSSR count). The third-order valence-electron chi connectivity index (χ3n) is 3.04. The fraction of sp³-hybridized carbons (Fsp3) is 0.250. The van der Waals surface area contributed by atoms with Gasteiger partial charge in [-0.25, -0.2) is 4.39 Å². The first-order valence-corrected chi connectivity index (χ1v) is 7.60. The van der Waals surface area contributed by atoms with Crippen molar-refractivity contribution in [2.24, 2.45) is 0 Å². The van der Waals surface area contributed by atoms with Crippen molar-refractivity contribution in [3.05, 3.63) is 65.5 Å². The average Bonchev–Trinajstić information content (AvgIpc) is 2.45. The number of halogens is 1. The summed E-state index contributed by atoms with van der Waals surface area (Å²) in [6.07, 6.45) is 2.06. The maximum Gasteiger partial charge on any atom is 0.123 e. The Morgan fingerprint density at radius 3 is 2.42 bits per heavy atom. The molecule has 0 aliphatic carbocycles. The lowest BCUT2D eigenvalue weighted by Crippen LogP contribution is -2.22. The van der Waals surface area contributed by atoms with Crippen molar-refractivity contribution in [1.82, 2.24) is 5.32 Å². The molecule has 1 atom stereocenters. The zero-order valence-corrected chi connectivity index (χ0v) is 12.0. The van der Waals surface area contributed by atoms with Crippen molar-refractivity contribution in [3.8, 4) is 0 Å². The lowest BCUT2D eigenvalue weighted by Gasteiger charge is -2.19. The van der Waals surface area contributed by atoms with E-state index in [1.165, 1.54) is 11.0 Å². The Hall–Kier alpha value is -1.32.